The summed E-state index contributed by atoms with van der Waals surface area (Å²) in [4.78, 5) is 36.1. The Morgan fingerprint density at radius 1 is 1.14 bits per heavy atom. The third kappa shape index (κ3) is 7.82. The molecule has 2 N–H and O–H groups in total. The van der Waals surface area contributed by atoms with Gasteiger partial charge in [-0.1, -0.05) is 6.07 Å². The van der Waals surface area contributed by atoms with Crippen molar-refractivity contribution in [3.63, 3.8) is 0 Å². The molecule has 29 heavy (non-hydrogen) atoms. The van der Waals surface area contributed by atoms with E-state index in [4.69, 9.17) is 4.74 Å². The SMILES string of the molecule is CC(OC(=O)CCNC(=O)c1cccs1)C(=O)Nc1ccc(OC(F)(F)F)cc1. The monoisotopic (exact) mass is 430 g/mol. The van der Waals surface area contributed by atoms with E-state index in [1.54, 1.807) is 17.5 Å². The molecule has 156 valence electrons. The summed E-state index contributed by atoms with van der Waals surface area (Å²) in [7, 11) is 0. The summed E-state index contributed by atoms with van der Waals surface area (Å²) >= 11 is 1.26. The summed E-state index contributed by atoms with van der Waals surface area (Å²) in [5, 5.41) is 6.72. The summed E-state index contributed by atoms with van der Waals surface area (Å²) in [5.74, 6) is -2.09. The first kappa shape index (κ1) is 22.2. The second-order valence-corrected chi connectivity index (χ2v) is 6.62. The Kier molecular flexibility index (Phi) is 7.59. The zero-order valence-electron chi connectivity index (χ0n) is 15.1. The number of esters is 1. The number of carbonyl (C=O) groups excluding carboxylic acids is 3. The van der Waals surface area contributed by atoms with Crippen LogP contribution in [0.1, 0.15) is 23.0 Å². The number of halogens is 3. The van der Waals surface area contributed by atoms with Gasteiger partial charge in [-0.25, -0.2) is 0 Å². The second-order valence-electron chi connectivity index (χ2n) is 5.68. The molecule has 0 fully saturated rings. The van der Waals surface area contributed by atoms with E-state index in [2.05, 4.69) is 15.4 Å². The quantitative estimate of drug-likeness (QED) is 0.627. The predicted octanol–water partition coefficient (Wildman–Crippen LogP) is 3.34. The van der Waals surface area contributed by atoms with Crippen molar-refractivity contribution in [1.29, 1.82) is 0 Å². The molecule has 0 bridgehead atoms. The van der Waals surface area contributed by atoms with Gasteiger partial charge in [0.15, 0.2) is 6.10 Å². The first-order valence-corrected chi connectivity index (χ1v) is 9.20. The molecule has 1 aromatic carbocycles. The van der Waals surface area contributed by atoms with E-state index in [0.717, 1.165) is 12.1 Å². The van der Waals surface area contributed by atoms with Gasteiger partial charge < -0.3 is 20.1 Å². The highest BCUT2D eigenvalue weighted by Gasteiger charge is 2.31. The van der Waals surface area contributed by atoms with Gasteiger partial charge in [-0.15, -0.1) is 24.5 Å². The van der Waals surface area contributed by atoms with Gasteiger partial charge in [-0.2, -0.15) is 0 Å². The van der Waals surface area contributed by atoms with Crippen molar-refractivity contribution in [3.8, 4) is 5.75 Å². The molecular formula is C18H17F3N2O5S. The molecule has 1 aromatic heterocycles. The Labute approximate surface area is 167 Å². The number of carbonyl (C=O) groups is 3. The van der Waals surface area contributed by atoms with Crippen molar-refractivity contribution >= 4 is 34.8 Å². The summed E-state index contributed by atoms with van der Waals surface area (Å²) in [5.41, 5.74) is 0.204. The fourth-order valence-electron chi connectivity index (χ4n) is 2.07. The minimum atomic E-state index is -4.81. The molecule has 0 saturated carbocycles. The van der Waals surface area contributed by atoms with E-state index < -0.39 is 30.1 Å². The maximum absolute atomic E-state index is 12.1. The molecule has 11 heteroatoms. The van der Waals surface area contributed by atoms with Crippen LogP contribution >= 0.6 is 11.3 Å². The number of ether oxygens (including phenoxy) is 2. The fraction of sp³-hybridized carbons (Fsp3) is 0.278. The van der Waals surface area contributed by atoms with Crippen LogP contribution in [0, 0.1) is 0 Å². The number of alkyl halides is 3. The molecule has 2 aromatic rings. The molecule has 0 aliphatic carbocycles. The fourth-order valence-corrected chi connectivity index (χ4v) is 2.71. The smallest absolute Gasteiger partial charge is 0.452 e. The molecule has 2 amide bonds. The van der Waals surface area contributed by atoms with Gasteiger partial charge in [0.1, 0.15) is 5.75 Å². The molecular weight excluding hydrogens is 413 g/mol. The largest absolute Gasteiger partial charge is 0.573 e. The Morgan fingerprint density at radius 2 is 1.83 bits per heavy atom. The van der Waals surface area contributed by atoms with Gasteiger partial charge in [0.05, 0.1) is 11.3 Å². The van der Waals surface area contributed by atoms with E-state index in [1.807, 2.05) is 0 Å². The third-order valence-electron chi connectivity index (χ3n) is 3.39. The van der Waals surface area contributed by atoms with Crippen LogP contribution in [0.5, 0.6) is 5.75 Å². The zero-order valence-corrected chi connectivity index (χ0v) is 15.9. The normalized spacial score (nSPS) is 12.0. The van der Waals surface area contributed by atoms with Crippen LogP contribution in [-0.4, -0.2) is 36.8 Å². The van der Waals surface area contributed by atoms with Crippen LogP contribution in [-0.2, 0) is 14.3 Å². The molecule has 7 nitrogen and oxygen atoms in total. The second kappa shape index (κ2) is 9.92. The minimum Gasteiger partial charge on any atom is -0.452 e. The number of rotatable bonds is 8. The molecule has 2 rings (SSSR count). The van der Waals surface area contributed by atoms with Crippen LogP contribution in [0.2, 0.25) is 0 Å². The van der Waals surface area contributed by atoms with Gasteiger partial charge in [0, 0.05) is 12.2 Å². The maximum Gasteiger partial charge on any atom is 0.573 e. The molecule has 0 aliphatic rings. The van der Waals surface area contributed by atoms with E-state index in [9.17, 15) is 27.6 Å². The maximum atomic E-state index is 12.1. The predicted molar refractivity (Wildman–Crippen MR) is 98.6 cm³/mol. The van der Waals surface area contributed by atoms with Crippen LogP contribution in [0.15, 0.2) is 41.8 Å². The standard InChI is InChI=1S/C18H17F3N2O5S/c1-11(27-15(24)8-9-22-17(26)14-3-2-10-29-14)16(25)23-12-4-6-13(7-5-12)28-18(19,20)21/h2-7,10-11H,8-9H2,1H3,(H,22,26)(H,23,25). The van der Waals surface area contributed by atoms with Gasteiger partial charge >= 0.3 is 12.3 Å². The number of nitrogens with one attached hydrogen (secondary N) is 2. The van der Waals surface area contributed by atoms with Gasteiger partial charge in [0.25, 0.3) is 11.8 Å². The highest BCUT2D eigenvalue weighted by molar-refractivity contribution is 7.12. The summed E-state index contributed by atoms with van der Waals surface area (Å²) in [6.07, 6.45) is -6.07. The van der Waals surface area contributed by atoms with Crippen molar-refractivity contribution in [1.82, 2.24) is 5.32 Å². The van der Waals surface area contributed by atoms with Crippen molar-refractivity contribution < 1.29 is 37.0 Å². The number of hydrogen-bond acceptors (Lipinski definition) is 6. The molecule has 1 unspecified atom stereocenters. The summed E-state index contributed by atoms with van der Waals surface area (Å²) < 4.78 is 45.1. The molecule has 1 heterocycles. The Balaban J connectivity index is 1.73. The van der Waals surface area contributed by atoms with Gasteiger partial charge in [0.2, 0.25) is 0 Å². The van der Waals surface area contributed by atoms with Crippen LogP contribution in [0.25, 0.3) is 0 Å². The summed E-state index contributed by atoms with van der Waals surface area (Å²) in [6, 6.07) is 7.88. The molecule has 0 spiro atoms. The number of amides is 2. The lowest BCUT2D eigenvalue weighted by molar-refractivity contribution is -0.274. The lowest BCUT2D eigenvalue weighted by atomic mass is 10.3. The highest BCUT2D eigenvalue weighted by Crippen LogP contribution is 2.24. The molecule has 1 atom stereocenters. The minimum absolute atomic E-state index is 0.0462. The van der Waals surface area contributed by atoms with Crippen LogP contribution in [0.4, 0.5) is 18.9 Å². The number of hydrogen-bond donors (Lipinski definition) is 2. The van der Waals surface area contributed by atoms with E-state index >= 15 is 0 Å². The van der Waals surface area contributed by atoms with E-state index in [1.165, 1.54) is 30.4 Å². The Hall–Kier alpha value is -3.08. The molecule has 0 radical (unpaired) electrons. The Morgan fingerprint density at radius 3 is 2.41 bits per heavy atom. The van der Waals surface area contributed by atoms with E-state index in [-0.39, 0.29) is 24.6 Å². The number of thiophene rings is 1. The molecule has 0 aliphatic heterocycles. The number of benzene rings is 1. The van der Waals surface area contributed by atoms with Crippen molar-refractivity contribution in [2.24, 2.45) is 0 Å². The molecule has 0 saturated heterocycles. The highest BCUT2D eigenvalue weighted by atomic mass is 32.1. The summed E-state index contributed by atoms with van der Waals surface area (Å²) in [6.45, 7) is 1.39. The zero-order chi connectivity index (χ0) is 21.4. The van der Waals surface area contributed by atoms with Gasteiger partial charge in [-0.05, 0) is 42.6 Å². The van der Waals surface area contributed by atoms with Crippen LogP contribution < -0.4 is 15.4 Å². The first-order valence-electron chi connectivity index (χ1n) is 8.32. The van der Waals surface area contributed by atoms with E-state index in [0.29, 0.717) is 4.88 Å². The lowest BCUT2D eigenvalue weighted by Crippen LogP contribution is -2.31. The topological polar surface area (TPSA) is 93.7 Å². The Bertz CT molecular complexity index is 838. The lowest BCUT2D eigenvalue weighted by Gasteiger charge is -2.14. The average Bonchev–Trinajstić information content (AvgIpc) is 3.16. The number of anilines is 1. The third-order valence-corrected chi connectivity index (χ3v) is 4.26. The average molecular weight is 430 g/mol. The van der Waals surface area contributed by atoms with Crippen molar-refractivity contribution in [2.45, 2.75) is 25.8 Å². The van der Waals surface area contributed by atoms with Crippen LogP contribution in [0.3, 0.4) is 0 Å². The van der Waals surface area contributed by atoms with Crippen molar-refractivity contribution in [3.05, 3.63) is 46.7 Å². The first-order chi connectivity index (χ1) is 13.6. The van der Waals surface area contributed by atoms with Crippen molar-refractivity contribution in [2.75, 3.05) is 11.9 Å². The van der Waals surface area contributed by atoms with Gasteiger partial charge in [-0.3, -0.25) is 14.4 Å².